The molecule has 1 aromatic carbocycles. The van der Waals surface area contributed by atoms with Crippen LogP contribution >= 0.6 is 11.3 Å². The van der Waals surface area contributed by atoms with Crippen LogP contribution in [0.2, 0.25) is 0 Å². The number of nitrogens with one attached hydrogen (secondary N) is 2. The molecule has 0 aliphatic heterocycles. The highest BCUT2D eigenvalue weighted by atomic mass is 32.1. The molecular weight excluding hydrogens is 787 g/mol. The number of aromatic nitrogens is 1. The summed E-state index contributed by atoms with van der Waals surface area (Å²) in [7, 11) is 5.42. The van der Waals surface area contributed by atoms with Crippen LogP contribution < -0.4 is 10.6 Å². The highest BCUT2D eigenvalue weighted by Crippen LogP contribution is 2.33. The van der Waals surface area contributed by atoms with Gasteiger partial charge in [-0.3, -0.25) is 33.7 Å². The Morgan fingerprint density at radius 3 is 2.20 bits per heavy atom. The molecule has 6 atom stereocenters. The van der Waals surface area contributed by atoms with E-state index in [9.17, 15) is 33.9 Å². The first kappa shape index (κ1) is 51.9. The Labute approximate surface area is 361 Å². The van der Waals surface area contributed by atoms with E-state index in [1.165, 1.54) is 19.9 Å². The Kier molecular flexibility index (Phi) is 21.0. The largest absolute Gasteiger partial charge is 0.506 e. The lowest BCUT2D eigenvalue weighted by Crippen LogP contribution is -2.50. The van der Waals surface area contributed by atoms with E-state index in [-0.39, 0.29) is 90.6 Å². The van der Waals surface area contributed by atoms with Gasteiger partial charge in [-0.25, -0.2) is 4.98 Å². The van der Waals surface area contributed by atoms with Crippen molar-refractivity contribution in [2.24, 2.45) is 23.7 Å². The van der Waals surface area contributed by atoms with E-state index < -0.39 is 41.5 Å². The third kappa shape index (κ3) is 15.7. The minimum absolute atomic E-state index is 0.0225. The average Bonchev–Trinajstić information content (AvgIpc) is 3.68. The van der Waals surface area contributed by atoms with Gasteiger partial charge in [0.2, 0.25) is 11.8 Å². The summed E-state index contributed by atoms with van der Waals surface area (Å²) < 4.78 is 11.2. The topological polar surface area (TPSA) is 185 Å². The lowest BCUT2D eigenvalue weighted by Gasteiger charge is -2.38. The van der Waals surface area contributed by atoms with Crippen molar-refractivity contribution < 1.29 is 43.3 Å². The number of carbonyl (C=O) groups is 6. The monoisotopic (exact) mass is 857 g/mol. The molecule has 0 fully saturated rings. The number of aromatic hydroxyl groups is 1. The minimum Gasteiger partial charge on any atom is -0.506 e. The van der Waals surface area contributed by atoms with Gasteiger partial charge in [-0.2, -0.15) is 0 Å². The number of rotatable bonds is 26. The number of hydrogen-bond acceptors (Lipinski definition) is 12. The number of phenols is 1. The number of likely N-dealkylation sites (N-methyl/N-ethyl adjacent to an activating group) is 1. The number of carbonyl (C=O) groups excluding carboxylic acids is 6. The van der Waals surface area contributed by atoms with E-state index in [1.807, 2.05) is 67.5 Å². The molecule has 3 amide bonds. The van der Waals surface area contributed by atoms with Crippen LogP contribution in [0, 0.1) is 23.7 Å². The van der Waals surface area contributed by atoms with E-state index in [4.69, 9.17) is 9.47 Å². The van der Waals surface area contributed by atoms with Crippen LogP contribution in [0.3, 0.4) is 0 Å². The molecule has 0 aliphatic carbocycles. The lowest BCUT2D eigenvalue weighted by atomic mass is 9.81. The van der Waals surface area contributed by atoms with E-state index in [0.717, 1.165) is 17.8 Å². The van der Waals surface area contributed by atoms with Gasteiger partial charge in [0.25, 0.3) is 5.91 Å². The first-order chi connectivity index (χ1) is 28.0. The number of esters is 1. The maximum Gasteiger partial charge on any atom is 0.303 e. The van der Waals surface area contributed by atoms with Crippen LogP contribution in [-0.4, -0.2) is 107 Å². The summed E-state index contributed by atoms with van der Waals surface area (Å²) in [6.45, 7) is 19.0. The first-order valence-corrected chi connectivity index (χ1v) is 22.0. The summed E-state index contributed by atoms with van der Waals surface area (Å²) in [6, 6.07) is 3.87. The van der Waals surface area contributed by atoms with E-state index in [1.54, 1.807) is 36.4 Å². The predicted molar refractivity (Wildman–Crippen MR) is 235 cm³/mol. The molecule has 0 aliphatic rings. The fourth-order valence-corrected chi connectivity index (χ4v) is 7.58. The van der Waals surface area contributed by atoms with E-state index in [0.29, 0.717) is 30.0 Å². The van der Waals surface area contributed by atoms with Crippen LogP contribution in [0.25, 0.3) is 0 Å². The highest BCUT2D eigenvalue weighted by molar-refractivity contribution is 7.09. The summed E-state index contributed by atoms with van der Waals surface area (Å²) in [5.41, 5.74) is 0.282. The van der Waals surface area contributed by atoms with Gasteiger partial charge < -0.3 is 30.1 Å². The second-order valence-electron chi connectivity index (χ2n) is 17.1. The molecule has 0 saturated carbocycles. The van der Waals surface area contributed by atoms with Crippen molar-refractivity contribution >= 4 is 52.3 Å². The number of amides is 3. The number of hydrogen-bond donors (Lipinski definition) is 3. The van der Waals surface area contributed by atoms with Gasteiger partial charge in [-0.05, 0) is 83.7 Å². The van der Waals surface area contributed by atoms with Gasteiger partial charge in [0.05, 0.1) is 24.3 Å². The van der Waals surface area contributed by atoms with Crippen molar-refractivity contribution in [2.75, 3.05) is 39.7 Å². The molecule has 0 bridgehead atoms. The van der Waals surface area contributed by atoms with Crippen molar-refractivity contribution in [2.45, 2.75) is 138 Å². The highest BCUT2D eigenvalue weighted by Gasteiger charge is 2.39. The third-order valence-electron chi connectivity index (χ3n) is 11.6. The van der Waals surface area contributed by atoms with Crippen LogP contribution in [0.5, 0.6) is 5.75 Å². The Morgan fingerprint density at radius 2 is 1.63 bits per heavy atom. The predicted octanol–water partition coefficient (Wildman–Crippen LogP) is 7.00. The molecule has 60 heavy (non-hydrogen) atoms. The number of Topliss-reactive ketones (excluding diaryl/α,β-unsaturated/α-hetero) is 2. The second kappa shape index (κ2) is 24.3. The number of thiazole rings is 1. The number of ketones is 2. The summed E-state index contributed by atoms with van der Waals surface area (Å²) in [6.07, 6.45) is 1.71. The first-order valence-electron chi connectivity index (χ1n) is 21.1. The molecule has 3 N–H and O–H groups in total. The number of anilines is 1. The SMILES string of the molecule is CCCOCCC(=O)Nc1cc(C[C@@H](CC(C)C(C)=O)NC(=O)c2csc([C@@H](C[C@H](C(C)C)N(C)C(=O)[C@@H](CC(=O)C(C)(C)N(C)C)[C@@H](C)CC)OC(C)=O)n2)ccc1O. The average molecular weight is 858 g/mol. The van der Waals surface area contributed by atoms with Crippen LogP contribution in [-0.2, 0) is 39.9 Å². The molecule has 2 aromatic rings. The van der Waals surface area contributed by atoms with Gasteiger partial charge in [-0.1, -0.05) is 54.0 Å². The Bertz CT molecular complexity index is 1760. The van der Waals surface area contributed by atoms with Crippen LogP contribution in [0.1, 0.15) is 135 Å². The molecule has 1 heterocycles. The van der Waals surface area contributed by atoms with Gasteiger partial charge in [0, 0.05) is 62.7 Å². The summed E-state index contributed by atoms with van der Waals surface area (Å²) >= 11 is 1.16. The number of phenolic OH excluding ortho intramolecular Hbond substituents is 1. The zero-order valence-electron chi connectivity index (χ0n) is 38.2. The minimum atomic E-state index is -0.870. The van der Waals surface area contributed by atoms with Gasteiger partial charge in [0.15, 0.2) is 11.9 Å². The molecule has 1 aromatic heterocycles. The number of ether oxygens (including phenoxy) is 2. The number of nitrogens with zero attached hydrogens (tertiary/aromatic N) is 3. The fourth-order valence-electron chi connectivity index (χ4n) is 6.74. The molecule has 2 rings (SSSR count). The van der Waals surface area contributed by atoms with E-state index in [2.05, 4.69) is 15.6 Å². The summed E-state index contributed by atoms with van der Waals surface area (Å²) in [5, 5.41) is 18.2. The van der Waals surface area contributed by atoms with Crippen molar-refractivity contribution in [1.82, 2.24) is 20.1 Å². The molecule has 0 radical (unpaired) electrons. The van der Waals surface area contributed by atoms with Crippen molar-refractivity contribution in [3.05, 3.63) is 39.8 Å². The molecule has 14 nitrogen and oxygen atoms in total. The maximum absolute atomic E-state index is 14.3. The second-order valence-corrected chi connectivity index (χ2v) is 18.0. The fraction of sp³-hybridized carbons (Fsp3) is 0.667. The normalized spacial score (nSPS) is 14.8. The van der Waals surface area contributed by atoms with Gasteiger partial charge >= 0.3 is 5.97 Å². The third-order valence-corrected chi connectivity index (χ3v) is 12.5. The maximum atomic E-state index is 14.3. The zero-order chi connectivity index (χ0) is 45.5. The summed E-state index contributed by atoms with van der Waals surface area (Å²) in [4.78, 5) is 87.1. The van der Waals surface area contributed by atoms with Crippen molar-refractivity contribution in [3.63, 3.8) is 0 Å². The number of benzene rings is 1. The van der Waals surface area contributed by atoms with Crippen molar-refractivity contribution in [3.8, 4) is 5.75 Å². The molecule has 1 unspecified atom stereocenters. The molecule has 336 valence electrons. The summed E-state index contributed by atoms with van der Waals surface area (Å²) in [5.74, 6) is -2.72. The van der Waals surface area contributed by atoms with Gasteiger partial charge in [0.1, 0.15) is 22.2 Å². The van der Waals surface area contributed by atoms with Crippen molar-refractivity contribution in [1.29, 1.82) is 0 Å². The Morgan fingerprint density at radius 1 is 0.967 bits per heavy atom. The molecule has 0 spiro atoms. The van der Waals surface area contributed by atoms with Crippen LogP contribution in [0.15, 0.2) is 23.6 Å². The standard InChI is InChI=1S/C45H71N5O9S/c1-14-19-58-20-18-41(55)47-35-23-32(16-17-38(35)53)22-33(21-29(6)30(7)51)46-42(56)36-26-60-43(48-36)39(59-31(8)52)25-37(27(3)4)50(13)44(57)34(28(5)15-2)24-40(54)45(9,10)49(11)12/h16-17,23,26-29,33-34,37,39,53H,14-15,18-22,24-25H2,1-13H3,(H,46,56)(H,47,55)/t28-,29?,33+,34-,37+,39+/m0/s1. The molecule has 0 saturated heterocycles. The van der Waals surface area contributed by atoms with E-state index >= 15 is 0 Å². The molecular formula is C45H71N5O9S. The Balaban J connectivity index is 2.36. The Hall–Kier alpha value is -4.21. The van der Waals surface area contributed by atoms with Gasteiger partial charge in [-0.15, -0.1) is 11.3 Å². The smallest absolute Gasteiger partial charge is 0.303 e. The molecule has 15 heteroatoms. The lowest BCUT2D eigenvalue weighted by molar-refractivity contribution is -0.149. The quantitative estimate of drug-likeness (QED) is 0.0503. The zero-order valence-corrected chi connectivity index (χ0v) is 39.0. The van der Waals surface area contributed by atoms with Crippen LogP contribution in [0.4, 0.5) is 5.69 Å².